The summed E-state index contributed by atoms with van der Waals surface area (Å²) in [5.41, 5.74) is -0.379. The smallest absolute Gasteiger partial charge is 0.311 e. The van der Waals surface area contributed by atoms with Gasteiger partial charge in [0.05, 0.1) is 24.0 Å². The molecule has 4 aliphatic carbocycles. The van der Waals surface area contributed by atoms with E-state index in [1.165, 1.54) is 7.11 Å². The first kappa shape index (κ1) is 12.0. The highest BCUT2D eigenvalue weighted by atomic mass is 16.5. The highest BCUT2D eigenvalue weighted by Crippen LogP contribution is 2.73. The van der Waals surface area contributed by atoms with Crippen LogP contribution in [-0.2, 0) is 9.53 Å². The van der Waals surface area contributed by atoms with Gasteiger partial charge < -0.3 is 4.74 Å². The molecule has 0 aromatic heterocycles. The van der Waals surface area contributed by atoms with Gasteiger partial charge in [0, 0.05) is 0 Å². The van der Waals surface area contributed by atoms with Crippen molar-refractivity contribution >= 4 is 5.97 Å². The standard InChI is InChI=1S/C15H21NO2/c1-12-4-13(2)6-14(5-12,10-16)9-15(7-12,8-13)11(17)18-3/h4-9H2,1-3H3. The zero-order chi connectivity index (χ0) is 13.2. The lowest BCUT2D eigenvalue weighted by Crippen LogP contribution is -2.61. The van der Waals surface area contributed by atoms with Crippen molar-refractivity contribution in [2.45, 2.75) is 52.4 Å². The van der Waals surface area contributed by atoms with E-state index in [1.54, 1.807) is 0 Å². The van der Waals surface area contributed by atoms with Gasteiger partial charge in [-0.05, 0) is 49.4 Å². The van der Waals surface area contributed by atoms with Crippen molar-refractivity contribution < 1.29 is 9.53 Å². The van der Waals surface area contributed by atoms with E-state index >= 15 is 0 Å². The maximum atomic E-state index is 12.3. The molecule has 98 valence electrons. The average Bonchev–Trinajstić information content (AvgIpc) is 2.23. The molecule has 0 N–H and O–H groups in total. The van der Waals surface area contributed by atoms with E-state index in [0.717, 1.165) is 32.1 Å². The Hall–Kier alpha value is -1.04. The van der Waals surface area contributed by atoms with E-state index in [1.807, 2.05) is 0 Å². The van der Waals surface area contributed by atoms with Gasteiger partial charge in [-0.15, -0.1) is 0 Å². The molecule has 0 aromatic carbocycles. The summed E-state index contributed by atoms with van der Waals surface area (Å²) >= 11 is 0. The zero-order valence-corrected chi connectivity index (χ0v) is 11.5. The van der Waals surface area contributed by atoms with Gasteiger partial charge in [0.25, 0.3) is 0 Å². The van der Waals surface area contributed by atoms with Crippen molar-refractivity contribution in [1.29, 1.82) is 5.26 Å². The molecule has 4 saturated carbocycles. The summed E-state index contributed by atoms with van der Waals surface area (Å²) in [7, 11) is 1.48. The van der Waals surface area contributed by atoms with Crippen LogP contribution < -0.4 is 0 Å². The Morgan fingerprint density at radius 3 is 2.06 bits per heavy atom. The zero-order valence-electron chi connectivity index (χ0n) is 11.5. The lowest BCUT2D eigenvalue weighted by atomic mass is 9.36. The molecule has 4 rings (SSSR count). The number of nitrogens with zero attached hydrogens (tertiary/aromatic N) is 1. The topological polar surface area (TPSA) is 50.1 Å². The van der Waals surface area contributed by atoms with Crippen LogP contribution in [0, 0.1) is 33.0 Å². The maximum Gasteiger partial charge on any atom is 0.311 e. The fraction of sp³-hybridized carbons (Fsp3) is 0.867. The molecule has 2 atom stereocenters. The maximum absolute atomic E-state index is 12.3. The van der Waals surface area contributed by atoms with Crippen LogP contribution in [-0.4, -0.2) is 13.1 Å². The van der Waals surface area contributed by atoms with Crippen molar-refractivity contribution in [2.24, 2.45) is 21.7 Å². The van der Waals surface area contributed by atoms with Gasteiger partial charge in [0.2, 0.25) is 0 Å². The summed E-state index contributed by atoms with van der Waals surface area (Å²) in [5.74, 6) is -0.0846. The van der Waals surface area contributed by atoms with Crippen LogP contribution in [0.1, 0.15) is 52.4 Å². The molecule has 18 heavy (non-hydrogen) atoms. The Bertz CT molecular complexity index is 444. The predicted octanol–water partition coefficient (Wildman–Crippen LogP) is 3.05. The van der Waals surface area contributed by atoms with Crippen LogP contribution in [0.25, 0.3) is 0 Å². The minimum absolute atomic E-state index is 0.0846. The molecular formula is C15H21NO2. The Morgan fingerprint density at radius 2 is 1.61 bits per heavy atom. The highest BCUT2D eigenvalue weighted by Gasteiger charge is 2.68. The van der Waals surface area contributed by atoms with Crippen LogP contribution in [0.3, 0.4) is 0 Å². The summed E-state index contributed by atoms with van der Waals surface area (Å²) in [6.07, 6.45) is 5.61. The monoisotopic (exact) mass is 247 g/mol. The predicted molar refractivity (Wildman–Crippen MR) is 66.4 cm³/mol. The number of hydrogen-bond acceptors (Lipinski definition) is 3. The Morgan fingerprint density at radius 1 is 1.06 bits per heavy atom. The minimum atomic E-state index is -0.386. The third-order valence-corrected chi connectivity index (χ3v) is 5.45. The van der Waals surface area contributed by atoms with Crippen LogP contribution in [0.2, 0.25) is 0 Å². The second-order valence-electron chi connectivity index (χ2n) is 7.85. The summed E-state index contributed by atoms with van der Waals surface area (Å²) in [6, 6.07) is 2.56. The minimum Gasteiger partial charge on any atom is -0.469 e. The SMILES string of the molecule is COC(=O)C12CC3(C)CC(C)(CC(C#N)(C3)C1)C2. The van der Waals surface area contributed by atoms with Gasteiger partial charge in [-0.3, -0.25) is 4.79 Å². The quantitative estimate of drug-likeness (QED) is 0.669. The number of rotatable bonds is 1. The van der Waals surface area contributed by atoms with Gasteiger partial charge in [-0.25, -0.2) is 0 Å². The van der Waals surface area contributed by atoms with Gasteiger partial charge in [0.15, 0.2) is 0 Å². The van der Waals surface area contributed by atoms with Crippen molar-refractivity contribution in [1.82, 2.24) is 0 Å². The normalized spacial score (nSPS) is 53.0. The lowest BCUT2D eigenvalue weighted by Gasteiger charge is -2.66. The van der Waals surface area contributed by atoms with E-state index in [-0.39, 0.29) is 27.6 Å². The summed E-state index contributed by atoms with van der Waals surface area (Å²) < 4.78 is 5.07. The van der Waals surface area contributed by atoms with Crippen LogP contribution in [0.15, 0.2) is 0 Å². The number of carbonyl (C=O) groups excluding carboxylic acids is 1. The molecule has 4 fully saturated rings. The molecule has 0 amide bonds. The number of hydrogen-bond donors (Lipinski definition) is 0. The second-order valence-corrected chi connectivity index (χ2v) is 7.85. The molecule has 3 nitrogen and oxygen atoms in total. The largest absolute Gasteiger partial charge is 0.469 e. The van der Waals surface area contributed by atoms with E-state index in [0.29, 0.717) is 6.42 Å². The molecule has 0 spiro atoms. The molecule has 0 heterocycles. The molecule has 4 aliphatic rings. The first-order valence-electron chi connectivity index (χ1n) is 6.78. The number of nitriles is 1. The van der Waals surface area contributed by atoms with E-state index in [4.69, 9.17) is 4.74 Å². The van der Waals surface area contributed by atoms with Crippen molar-refractivity contribution in [2.75, 3.05) is 7.11 Å². The van der Waals surface area contributed by atoms with Crippen molar-refractivity contribution in [3.8, 4) is 6.07 Å². The molecule has 4 bridgehead atoms. The third-order valence-electron chi connectivity index (χ3n) is 5.45. The van der Waals surface area contributed by atoms with E-state index < -0.39 is 0 Å². The van der Waals surface area contributed by atoms with E-state index in [9.17, 15) is 10.1 Å². The highest BCUT2D eigenvalue weighted by molar-refractivity contribution is 5.78. The number of ether oxygens (including phenoxy) is 1. The fourth-order valence-electron chi connectivity index (χ4n) is 6.25. The summed E-state index contributed by atoms with van der Waals surface area (Å²) in [6.45, 7) is 4.51. The first-order valence-corrected chi connectivity index (χ1v) is 6.78. The van der Waals surface area contributed by atoms with Crippen LogP contribution in [0.5, 0.6) is 0 Å². The Kier molecular flexibility index (Phi) is 2.07. The second kappa shape index (κ2) is 3.10. The van der Waals surface area contributed by atoms with Crippen molar-refractivity contribution in [3.05, 3.63) is 0 Å². The van der Waals surface area contributed by atoms with Gasteiger partial charge in [-0.1, -0.05) is 13.8 Å². The summed E-state index contributed by atoms with van der Waals surface area (Å²) in [4.78, 5) is 12.3. The molecular weight excluding hydrogens is 226 g/mol. The van der Waals surface area contributed by atoms with Gasteiger partial charge in [0.1, 0.15) is 0 Å². The molecule has 3 heteroatoms. The van der Waals surface area contributed by atoms with Gasteiger partial charge >= 0.3 is 5.97 Å². The van der Waals surface area contributed by atoms with Gasteiger partial charge in [-0.2, -0.15) is 5.26 Å². The number of esters is 1. The Balaban J connectivity index is 2.11. The first-order chi connectivity index (χ1) is 8.28. The molecule has 0 saturated heterocycles. The molecule has 0 aliphatic heterocycles. The number of methoxy groups -OCH3 is 1. The molecule has 0 radical (unpaired) electrons. The van der Waals surface area contributed by atoms with Crippen LogP contribution in [0.4, 0.5) is 0 Å². The third kappa shape index (κ3) is 1.38. The number of carbonyl (C=O) groups is 1. The molecule has 2 unspecified atom stereocenters. The summed E-state index contributed by atoms with van der Waals surface area (Å²) in [5, 5.41) is 9.63. The Labute approximate surface area is 108 Å². The average molecular weight is 247 g/mol. The fourth-order valence-corrected chi connectivity index (χ4v) is 6.25. The van der Waals surface area contributed by atoms with E-state index in [2.05, 4.69) is 19.9 Å². The lowest BCUT2D eigenvalue weighted by molar-refractivity contribution is -0.199. The van der Waals surface area contributed by atoms with Crippen LogP contribution >= 0.6 is 0 Å². The molecule has 0 aromatic rings. The van der Waals surface area contributed by atoms with Crippen molar-refractivity contribution in [3.63, 3.8) is 0 Å².